The number of anilines is 1. The smallest absolute Gasteiger partial charge is 0.273 e. The maximum atomic E-state index is 12.4. The van der Waals surface area contributed by atoms with Crippen LogP contribution in [-0.2, 0) is 11.2 Å². The molecule has 1 aliphatic rings. The van der Waals surface area contributed by atoms with E-state index in [1.807, 2.05) is 19.1 Å². The first-order chi connectivity index (χ1) is 13.4. The number of benzene rings is 2. The molecule has 6 nitrogen and oxygen atoms in total. The van der Waals surface area contributed by atoms with Crippen LogP contribution in [0.5, 0.6) is 0 Å². The Morgan fingerprint density at radius 1 is 1.18 bits per heavy atom. The molecule has 1 atom stereocenters. The molecule has 2 aromatic rings. The summed E-state index contributed by atoms with van der Waals surface area (Å²) < 4.78 is 0. The molecule has 0 aromatic heterocycles. The molecule has 28 heavy (non-hydrogen) atoms. The van der Waals surface area contributed by atoms with Crippen molar-refractivity contribution in [3.63, 3.8) is 0 Å². The Labute approximate surface area is 165 Å². The molecule has 1 aliphatic heterocycles. The molecule has 6 heteroatoms. The minimum absolute atomic E-state index is 0.00839. The average Bonchev–Trinajstić information content (AvgIpc) is 2.69. The summed E-state index contributed by atoms with van der Waals surface area (Å²) in [6, 6.07) is 14.5. The molecule has 0 unspecified atom stereocenters. The van der Waals surface area contributed by atoms with Crippen molar-refractivity contribution in [2.75, 3.05) is 18.0 Å². The number of carbonyl (C=O) groups is 1. The topological polar surface area (TPSA) is 75.5 Å². The lowest BCUT2D eigenvalue weighted by atomic mass is 9.98. The Kier molecular flexibility index (Phi) is 6.29. The molecular formula is C22H27N3O3. The van der Waals surface area contributed by atoms with Crippen LogP contribution in [0, 0.1) is 16.0 Å². The third kappa shape index (κ3) is 4.88. The van der Waals surface area contributed by atoms with Gasteiger partial charge in [-0.3, -0.25) is 14.9 Å². The summed E-state index contributed by atoms with van der Waals surface area (Å²) in [7, 11) is 0. The SMILES string of the molecule is CC1CCN(c2ccc([C@H](C)NC(=O)Cc3ccccc3[N+](=O)[O-])cc2)CC1. The number of rotatable bonds is 6. The van der Waals surface area contributed by atoms with Gasteiger partial charge in [-0.1, -0.05) is 37.3 Å². The second-order valence-electron chi connectivity index (χ2n) is 7.61. The summed E-state index contributed by atoms with van der Waals surface area (Å²) in [5, 5.41) is 14.0. The van der Waals surface area contributed by atoms with Gasteiger partial charge in [-0.15, -0.1) is 0 Å². The first-order valence-electron chi connectivity index (χ1n) is 9.80. The Bertz CT molecular complexity index is 827. The van der Waals surface area contributed by atoms with Crippen LogP contribution in [0.2, 0.25) is 0 Å². The number of hydrogen-bond donors (Lipinski definition) is 1. The predicted molar refractivity (Wildman–Crippen MR) is 110 cm³/mol. The van der Waals surface area contributed by atoms with Gasteiger partial charge < -0.3 is 10.2 Å². The Balaban J connectivity index is 1.59. The van der Waals surface area contributed by atoms with Crippen LogP contribution in [-0.4, -0.2) is 23.9 Å². The van der Waals surface area contributed by atoms with Crippen molar-refractivity contribution in [3.05, 3.63) is 69.8 Å². The van der Waals surface area contributed by atoms with Crippen LogP contribution in [0.4, 0.5) is 11.4 Å². The highest BCUT2D eigenvalue weighted by atomic mass is 16.6. The van der Waals surface area contributed by atoms with Gasteiger partial charge in [0.15, 0.2) is 0 Å². The minimum atomic E-state index is -0.452. The van der Waals surface area contributed by atoms with E-state index in [1.165, 1.54) is 24.6 Å². The number of nitro groups is 1. The molecule has 0 bridgehead atoms. The molecule has 1 amide bonds. The summed E-state index contributed by atoms with van der Waals surface area (Å²) in [6.45, 7) is 6.40. The second-order valence-corrected chi connectivity index (χ2v) is 7.61. The Morgan fingerprint density at radius 2 is 1.82 bits per heavy atom. The van der Waals surface area contributed by atoms with E-state index in [9.17, 15) is 14.9 Å². The number of hydrogen-bond acceptors (Lipinski definition) is 4. The summed E-state index contributed by atoms with van der Waals surface area (Å²) >= 11 is 0. The number of nitro benzene ring substituents is 1. The van der Waals surface area contributed by atoms with Gasteiger partial charge >= 0.3 is 0 Å². The van der Waals surface area contributed by atoms with E-state index >= 15 is 0 Å². The van der Waals surface area contributed by atoms with Gasteiger partial charge in [0.2, 0.25) is 5.91 Å². The van der Waals surface area contributed by atoms with Crippen LogP contribution in [0.3, 0.4) is 0 Å². The third-order valence-corrected chi connectivity index (χ3v) is 5.46. The van der Waals surface area contributed by atoms with Crippen molar-refractivity contribution in [1.82, 2.24) is 5.32 Å². The molecule has 3 rings (SSSR count). The molecule has 1 heterocycles. The van der Waals surface area contributed by atoms with E-state index in [4.69, 9.17) is 0 Å². The monoisotopic (exact) mass is 381 g/mol. The van der Waals surface area contributed by atoms with Gasteiger partial charge in [0.1, 0.15) is 0 Å². The summed E-state index contributed by atoms with van der Waals surface area (Å²) in [5.41, 5.74) is 2.64. The molecule has 1 fully saturated rings. The maximum Gasteiger partial charge on any atom is 0.273 e. The highest BCUT2D eigenvalue weighted by Gasteiger charge is 2.18. The van der Waals surface area contributed by atoms with Gasteiger partial charge in [0, 0.05) is 30.4 Å². The zero-order valence-corrected chi connectivity index (χ0v) is 16.4. The quantitative estimate of drug-likeness (QED) is 0.599. The van der Waals surface area contributed by atoms with Crippen LogP contribution < -0.4 is 10.2 Å². The first kappa shape index (κ1) is 19.9. The lowest BCUT2D eigenvalue weighted by molar-refractivity contribution is -0.385. The number of nitrogens with zero attached hydrogens (tertiary/aromatic N) is 2. The summed E-state index contributed by atoms with van der Waals surface area (Å²) in [6.07, 6.45) is 2.44. The van der Waals surface area contributed by atoms with Crippen LogP contribution >= 0.6 is 0 Å². The maximum absolute atomic E-state index is 12.4. The van der Waals surface area contributed by atoms with E-state index in [-0.39, 0.29) is 24.1 Å². The Morgan fingerprint density at radius 3 is 2.46 bits per heavy atom. The van der Waals surface area contributed by atoms with E-state index in [0.29, 0.717) is 5.56 Å². The lowest BCUT2D eigenvalue weighted by Gasteiger charge is -2.32. The number of amides is 1. The van der Waals surface area contributed by atoms with Crippen LogP contribution in [0.15, 0.2) is 48.5 Å². The molecule has 0 radical (unpaired) electrons. The van der Waals surface area contributed by atoms with Gasteiger partial charge in [0.25, 0.3) is 5.69 Å². The first-order valence-corrected chi connectivity index (χ1v) is 9.80. The number of piperidine rings is 1. The van der Waals surface area contributed by atoms with Gasteiger partial charge in [-0.25, -0.2) is 0 Å². The third-order valence-electron chi connectivity index (χ3n) is 5.46. The minimum Gasteiger partial charge on any atom is -0.372 e. The molecule has 2 aromatic carbocycles. The molecule has 0 spiro atoms. The zero-order chi connectivity index (χ0) is 20.1. The fourth-order valence-electron chi connectivity index (χ4n) is 3.63. The second kappa shape index (κ2) is 8.87. The van der Waals surface area contributed by atoms with Crippen molar-refractivity contribution in [2.24, 2.45) is 5.92 Å². The fraction of sp³-hybridized carbons (Fsp3) is 0.409. The highest BCUT2D eigenvalue weighted by Crippen LogP contribution is 2.25. The standard InChI is InChI=1S/C22H27N3O3/c1-16-11-13-24(14-12-16)20-9-7-18(8-10-20)17(2)23-22(26)15-19-5-3-4-6-21(19)25(27)28/h3-10,16-17H,11-15H2,1-2H3,(H,23,26)/t17-/m0/s1. The van der Waals surface area contributed by atoms with Crippen molar-refractivity contribution in [3.8, 4) is 0 Å². The van der Waals surface area contributed by atoms with Crippen molar-refractivity contribution in [2.45, 2.75) is 39.2 Å². The number of nitrogens with one attached hydrogen (secondary N) is 1. The normalized spacial score (nSPS) is 15.9. The van der Waals surface area contributed by atoms with E-state index in [2.05, 4.69) is 29.3 Å². The van der Waals surface area contributed by atoms with Crippen LogP contribution in [0.25, 0.3) is 0 Å². The average molecular weight is 381 g/mol. The van der Waals surface area contributed by atoms with Gasteiger partial charge in [-0.2, -0.15) is 0 Å². The van der Waals surface area contributed by atoms with Crippen molar-refractivity contribution >= 4 is 17.3 Å². The van der Waals surface area contributed by atoms with E-state index in [0.717, 1.165) is 24.6 Å². The zero-order valence-electron chi connectivity index (χ0n) is 16.4. The largest absolute Gasteiger partial charge is 0.372 e. The molecule has 0 saturated carbocycles. The van der Waals surface area contributed by atoms with Crippen molar-refractivity contribution in [1.29, 1.82) is 0 Å². The van der Waals surface area contributed by atoms with E-state index in [1.54, 1.807) is 18.2 Å². The van der Waals surface area contributed by atoms with Crippen LogP contribution in [0.1, 0.15) is 43.9 Å². The van der Waals surface area contributed by atoms with Gasteiger partial charge in [-0.05, 0) is 43.4 Å². The number of carbonyl (C=O) groups excluding carboxylic acids is 1. The molecule has 0 aliphatic carbocycles. The molecular weight excluding hydrogens is 354 g/mol. The van der Waals surface area contributed by atoms with Gasteiger partial charge in [0.05, 0.1) is 17.4 Å². The lowest BCUT2D eigenvalue weighted by Crippen LogP contribution is -2.32. The summed E-state index contributed by atoms with van der Waals surface area (Å²) in [5.74, 6) is 0.571. The van der Waals surface area contributed by atoms with E-state index < -0.39 is 4.92 Å². The highest BCUT2D eigenvalue weighted by molar-refractivity contribution is 5.80. The molecule has 148 valence electrons. The molecule has 1 saturated heterocycles. The fourth-order valence-corrected chi connectivity index (χ4v) is 3.63. The Hall–Kier alpha value is -2.89. The predicted octanol–water partition coefficient (Wildman–Crippen LogP) is 4.25. The number of para-hydroxylation sites is 1. The summed E-state index contributed by atoms with van der Waals surface area (Å²) in [4.78, 5) is 25.4. The van der Waals surface area contributed by atoms with Crippen molar-refractivity contribution < 1.29 is 9.72 Å². The molecule has 1 N–H and O–H groups in total.